The van der Waals surface area contributed by atoms with Crippen LogP contribution in [-0.4, -0.2) is 34.5 Å². The van der Waals surface area contributed by atoms with Gasteiger partial charge in [-0.05, 0) is 66.6 Å². The van der Waals surface area contributed by atoms with Crippen molar-refractivity contribution >= 4 is 44.1 Å². The number of fused-ring (bicyclic) bond motifs is 2. The van der Waals surface area contributed by atoms with E-state index in [9.17, 15) is 19.1 Å². The predicted octanol–water partition coefficient (Wildman–Crippen LogP) is 5.95. The second-order valence-corrected chi connectivity index (χ2v) is 10.4. The van der Waals surface area contributed by atoms with Crippen LogP contribution in [0.3, 0.4) is 0 Å². The largest absolute Gasteiger partial charge is 0.507 e. The highest BCUT2D eigenvalue weighted by molar-refractivity contribution is 7.22. The first kappa shape index (κ1) is 24.8. The minimum absolute atomic E-state index is 0.00803. The van der Waals surface area contributed by atoms with Gasteiger partial charge in [0.2, 0.25) is 0 Å². The molecule has 0 spiro atoms. The number of nitrogens with zero attached hydrogens (tertiary/aromatic N) is 2. The molecule has 2 aliphatic rings. The summed E-state index contributed by atoms with van der Waals surface area (Å²) in [5.41, 5.74) is 2.33. The van der Waals surface area contributed by atoms with Crippen molar-refractivity contribution in [2.24, 2.45) is 0 Å². The average molecular weight is 543 g/mol. The van der Waals surface area contributed by atoms with Crippen LogP contribution in [0.4, 0.5) is 9.52 Å². The molecule has 4 aromatic rings. The number of carbonyl (C=O) groups excluding carboxylic acids is 2. The van der Waals surface area contributed by atoms with Crippen LogP contribution < -0.4 is 14.4 Å². The number of aliphatic hydroxyl groups is 1. The molecule has 0 radical (unpaired) electrons. The van der Waals surface area contributed by atoms with Crippen molar-refractivity contribution < 1.29 is 28.6 Å². The molecule has 2 atom stereocenters. The normalized spacial score (nSPS) is 19.8. The molecule has 0 bridgehead atoms. The molecule has 1 fully saturated rings. The summed E-state index contributed by atoms with van der Waals surface area (Å²) < 4.78 is 25.8. The molecular weight excluding hydrogens is 519 g/mol. The van der Waals surface area contributed by atoms with Crippen LogP contribution in [-0.2, 0) is 16.0 Å². The predicted molar refractivity (Wildman–Crippen MR) is 147 cm³/mol. The molecule has 3 heterocycles. The molecule has 6 rings (SSSR count). The number of anilines is 1. The van der Waals surface area contributed by atoms with Crippen molar-refractivity contribution in [3.05, 3.63) is 101 Å². The van der Waals surface area contributed by atoms with Gasteiger partial charge in [0, 0.05) is 12.0 Å². The fraction of sp³-hybridized carbons (Fsp3) is 0.167. The maximum absolute atomic E-state index is 13.9. The summed E-state index contributed by atoms with van der Waals surface area (Å²) >= 11 is 1.10. The number of ether oxygens (including phenoxy) is 2. The Hall–Kier alpha value is -4.50. The van der Waals surface area contributed by atoms with Gasteiger partial charge in [-0.25, -0.2) is 9.37 Å². The van der Waals surface area contributed by atoms with Crippen LogP contribution in [0.15, 0.2) is 78.9 Å². The average Bonchev–Trinajstić information content (AvgIpc) is 3.59. The van der Waals surface area contributed by atoms with Gasteiger partial charge >= 0.3 is 5.91 Å². The van der Waals surface area contributed by atoms with Gasteiger partial charge in [0.15, 0.2) is 5.13 Å². The van der Waals surface area contributed by atoms with Gasteiger partial charge in [-0.1, -0.05) is 36.1 Å². The Labute approximate surface area is 227 Å². The van der Waals surface area contributed by atoms with Gasteiger partial charge in [-0.2, -0.15) is 0 Å². The number of thiazole rings is 1. The van der Waals surface area contributed by atoms with E-state index in [0.717, 1.165) is 22.6 Å². The standard InChI is InChI=1S/C30H23FN2O5S/c1-3-12-37-21-8-4-17(5-9-21)26-25(27(34)18-6-11-23-19(14-18)13-16(2)38-23)28(35)29(36)33(26)30-32-22-10-7-20(31)15-24(22)39-30/h3-11,14-16,26,34H,1,12-13H2,2H3/b27-25-. The van der Waals surface area contributed by atoms with Crippen LogP contribution in [0.1, 0.15) is 29.7 Å². The van der Waals surface area contributed by atoms with Gasteiger partial charge in [0.1, 0.15) is 35.8 Å². The third kappa shape index (κ3) is 4.34. The van der Waals surface area contributed by atoms with Crippen LogP contribution in [0, 0.1) is 5.82 Å². The van der Waals surface area contributed by atoms with E-state index in [-0.39, 0.29) is 22.6 Å². The summed E-state index contributed by atoms with van der Waals surface area (Å²) in [6, 6.07) is 15.3. The third-order valence-electron chi connectivity index (χ3n) is 6.72. The molecule has 2 aliphatic heterocycles. The Balaban J connectivity index is 1.50. The van der Waals surface area contributed by atoms with Gasteiger partial charge in [0.25, 0.3) is 5.78 Å². The van der Waals surface area contributed by atoms with Crippen molar-refractivity contribution in [2.75, 3.05) is 11.5 Å². The van der Waals surface area contributed by atoms with Crippen molar-refractivity contribution in [1.29, 1.82) is 0 Å². The Bertz CT molecular complexity index is 1680. The highest BCUT2D eigenvalue weighted by Crippen LogP contribution is 2.45. The Kier molecular flexibility index (Phi) is 6.15. The van der Waals surface area contributed by atoms with Crippen LogP contribution in [0.5, 0.6) is 11.5 Å². The van der Waals surface area contributed by atoms with Crippen molar-refractivity contribution in [1.82, 2.24) is 4.98 Å². The summed E-state index contributed by atoms with van der Waals surface area (Å²) in [5, 5.41) is 11.7. The second-order valence-electron chi connectivity index (χ2n) is 9.40. The van der Waals surface area contributed by atoms with E-state index in [1.807, 2.05) is 6.92 Å². The maximum Gasteiger partial charge on any atom is 0.301 e. The molecule has 3 aromatic carbocycles. The number of hydrogen-bond donors (Lipinski definition) is 1. The number of carbonyl (C=O) groups is 2. The Morgan fingerprint density at radius 1 is 1.21 bits per heavy atom. The molecule has 39 heavy (non-hydrogen) atoms. The molecular formula is C30H23FN2O5S. The summed E-state index contributed by atoms with van der Waals surface area (Å²) in [6.45, 7) is 5.92. The molecule has 0 aliphatic carbocycles. The van der Waals surface area contributed by atoms with Gasteiger partial charge < -0.3 is 14.6 Å². The van der Waals surface area contributed by atoms with Crippen molar-refractivity contribution in [2.45, 2.75) is 25.5 Å². The monoisotopic (exact) mass is 542 g/mol. The molecule has 1 amide bonds. The summed E-state index contributed by atoms with van der Waals surface area (Å²) in [7, 11) is 0. The van der Waals surface area contributed by atoms with Crippen LogP contribution in [0.2, 0.25) is 0 Å². The number of hydrogen-bond acceptors (Lipinski definition) is 7. The fourth-order valence-corrected chi connectivity index (χ4v) is 5.98. The van der Waals surface area contributed by atoms with E-state index in [4.69, 9.17) is 9.47 Å². The van der Waals surface area contributed by atoms with E-state index >= 15 is 0 Å². The lowest BCUT2D eigenvalue weighted by Gasteiger charge is -2.23. The smallest absolute Gasteiger partial charge is 0.301 e. The third-order valence-corrected chi connectivity index (χ3v) is 7.74. The first-order valence-electron chi connectivity index (χ1n) is 12.3. The molecule has 0 saturated carbocycles. The molecule has 9 heteroatoms. The number of aliphatic hydroxyl groups excluding tert-OH is 1. The number of ketones is 1. The minimum atomic E-state index is -0.965. The maximum atomic E-state index is 13.9. The molecule has 7 nitrogen and oxygen atoms in total. The van der Waals surface area contributed by atoms with E-state index in [0.29, 0.717) is 40.1 Å². The van der Waals surface area contributed by atoms with E-state index < -0.39 is 23.5 Å². The number of amides is 1. The molecule has 196 valence electrons. The molecule has 1 saturated heterocycles. The highest BCUT2D eigenvalue weighted by Gasteiger charge is 2.48. The molecule has 2 unspecified atom stereocenters. The Morgan fingerprint density at radius 3 is 2.77 bits per heavy atom. The number of halogens is 1. The SMILES string of the molecule is C=CCOc1ccc(C2/C(=C(/O)c3ccc4c(c3)CC(C)O4)C(=O)C(=O)N2c2nc3ccc(F)cc3s2)cc1. The van der Waals surface area contributed by atoms with E-state index in [1.54, 1.807) is 48.5 Å². The molecule has 1 N–H and O–H groups in total. The van der Waals surface area contributed by atoms with Crippen molar-refractivity contribution in [3.63, 3.8) is 0 Å². The lowest BCUT2D eigenvalue weighted by Crippen LogP contribution is -2.29. The zero-order valence-electron chi connectivity index (χ0n) is 20.9. The van der Waals surface area contributed by atoms with Crippen LogP contribution in [0.25, 0.3) is 16.0 Å². The minimum Gasteiger partial charge on any atom is -0.507 e. The zero-order valence-corrected chi connectivity index (χ0v) is 21.7. The lowest BCUT2D eigenvalue weighted by atomic mass is 9.94. The highest BCUT2D eigenvalue weighted by atomic mass is 32.1. The summed E-state index contributed by atoms with van der Waals surface area (Å²) in [5.74, 6) is -1.07. The van der Waals surface area contributed by atoms with Gasteiger partial charge in [0.05, 0.1) is 21.8 Å². The van der Waals surface area contributed by atoms with Gasteiger partial charge in [-0.3, -0.25) is 14.5 Å². The van der Waals surface area contributed by atoms with E-state index in [1.165, 1.54) is 23.1 Å². The number of aromatic nitrogens is 1. The topological polar surface area (TPSA) is 89.0 Å². The fourth-order valence-electron chi connectivity index (χ4n) is 4.96. The van der Waals surface area contributed by atoms with Gasteiger partial charge in [-0.15, -0.1) is 0 Å². The summed E-state index contributed by atoms with van der Waals surface area (Å²) in [4.78, 5) is 32.8. The van der Waals surface area contributed by atoms with Crippen LogP contribution >= 0.6 is 11.3 Å². The summed E-state index contributed by atoms with van der Waals surface area (Å²) in [6.07, 6.45) is 2.30. The number of rotatable bonds is 6. The lowest BCUT2D eigenvalue weighted by molar-refractivity contribution is -0.132. The quantitative estimate of drug-likeness (QED) is 0.140. The van der Waals surface area contributed by atoms with E-state index in [2.05, 4.69) is 11.6 Å². The zero-order chi connectivity index (χ0) is 27.3. The number of benzene rings is 3. The first-order chi connectivity index (χ1) is 18.8. The molecule has 1 aromatic heterocycles. The Morgan fingerprint density at radius 2 is 2.00 bits per heavy atom. The second kappa shape index (κ2) is 9.67. The first-order valence-corrected chi connectivity index (χ1v) is 13.2. The number of Topliss-reactive ketones (excluding diaryl/α,β-unsaturated/α-hetero) is 1. The van der Waals surface area contributed by atoms with Crippen molar-refractivity contribution in [3.8, 4) is 11.5 Å².